The largest absolute Gasteiger partial charge is 0.460 e. The van der Waals surface area contributed by atoms with Crippen molar-refractivity contribution in [3.63, 3.8) is 0 Å². The predicted molar refractivity (Wildman–Crippen MR) is 119 cm³/mol. The van der Waals surface area contributed by atoms with Gasteiger partial charge in [-0.25, -0.2) is 4.79 Å². The summed E-state index contributed by atoms with van der Waals surface area (Å²) < 4.78 is 16.9. The van der Waals surface area contributed by atoms with E-state index in [4.69, 9.17) is 14.2 Å². The quantitative estimate of drug-likeness (QED) is 0.415. The average Bonchev–Trinajstić information content (AvgIpc) is 2.73. The van der Waals surface area contributed by atoms with Crippen molar-refractivity contribution < 1.29 is 28.6 Å². The molecule has 4 atom stereocenters. The zero-order valence-corrected chi connectivity index (χ0v) is 20.1. The summed E-state index contributed by atoms with van der Waals surface area (Å²) in [5.74, 6) is -1.54. The second-order valence-corrected chi connectivity index (χ2v) is 8.82. The van der Waals surface area contributed by atoms with Crippen LogP contribution in [0.2, 0.25) is 0 Å². The molecule has 0 saturated heterocycles. The second kappa shape index (κ2) is 14.2. The number of methoxy groups -OCH3 is 1. The van der Waals surface area contributed by atoms with Crippen LogP contribution in [0.15, 0.2) is 12.3 Å². The number of carbonyl (C=O) groups is 3. The minimum absolute atomic E-state index is 0.0187. The summed E-state index contributed by atoms with van der Waals surface area (Å²) >= 11 is 0. The monoisotopic (exact) mass is 439 g/mol. The van der Waals surface area contributed by atoms with Gasteiger partial charge in [0.15, 0.2) is 0 Å². The van der Waals surface area contributed by atoms with Gasteiger partial charge in [-0.05, 0) is 19.3 Å². The minimum Gasteiger partial charge on any atom is -0.460 e. The third-order valence-corrected chi connectivity index (χ3v) is 5.67. The van der Waals surface area contributed by atoms with Gasteiger partial charge in [0, 0.05) is 38.6 Å². The van der Waals surface area contributed by atoms with Crippen molar-refractivity contribution in [1.82, 2.24) is 4.90 Å². The molecule has 1 rings (SSSR count). The van der Waals surface area contributed by atoms with Gasteiger partial charge in [-0.2, -0.15) is 0 Å². The molecule has 1 heterocycles. The fourth-order valence-corrected chi connectivity index (χ4v) is 3.64. The highest BCUT2D eigenvalue weighted by atomic mass is 16.6. The van der Waals surface area contributed by atoms with Crippen molar-refractivity contribution in [2.45, 2.75) is 97.4 Å². The Morgan fingerprint density at radius 1 is 1.16 bits per heavy atom. The van der Waals surface area contributed by atoms with E-state index in [0.29, 0.717) is 19.3 Å². The number of amides is 1. The maximum absolute atomic E-state index is 12.9. The highest BCUT2D eigenvalue weighted by Crippen LogP contribution is 2.22. The summed E-state index contributed by atoms with van der Waals surface area (Å²) in [5.41, 5.74) is 0. The van der Waals surface area contributed by atoms with Crippen molar-refractivity contribution in [3.05, 3.63) is 12.3 Å². The zero-order chi connectivity index (χ0) is 23.4. The Hall–Kier alpha value is -1.89. The van der Waals surface area contributed by atoms with Crippen molar-refractivity contribution in [1.29, 1.82) is 0 Å². The van der Waals surface area contributed by atoms with Gasteiger partial charge in [-0.15, -0.1) is 0 Å². The zero-order valence-electron chi connectivity index (χ0n) is 20.1. The molecule has 1 aliphatic rings. The van der Waals surface area contributed by atoms with Crippen molar-refractivity contribution in [2.24, 2.45) is 11.8 Å². The smallest absolute Gasteiger partial charge is 0.347 e. The maximum Gasteiger partial charge on any atom is 0.347 e. The number of rotatable bonds is 8. The third kappa shape index (κ3) is 9.85. The van der Waals surface area contributed by atoms with E-state index in [0.717, 1.165) is 25.7 Å². The molecule has 0 aromatic carbocycles. The van der Waals surface area contributed by atoms with Gasteiger partial charge in [0.1, 0.15) is 6.10 Å². The highest BCUT2D eigenvalue weighted by Gasteiger charge is 2.31. The topological polar surface area (TPSA) is 82.1 Å². The maximum atomic E-state index is 12.9. The molecule has 4 unspecified atom stereocenters. The van der Waals surface area contributed by atoms with E-state index in [1.165, 1.54) is 4.90 Å². The van der Waals surface area contributed by atoms with Crippen LogP contribution < -0.4 is 0 Å². The molecule has 0 fully saturated rings. The van der Waals surface area contributed by atoms with Crippen LogP contribution in [0.5, 0.6) is 0 Å². The van der Waals surface area contributed by atoms with Crippen LogP contribution in [0.3, 0.4) is 0 Å². The van der Waals surface area contributed by atoms with Gasteiger partial charge in [-0.3, -0.25) is 9.59 Å². The molecule has 1 aliphatic heterocycles. The number of esters is 2. The van der Waals surface area contributed by atoms with E-state index in [1.54, 1.807) is 26.4 Å². The first-order valence-corrected chi connectivity index (χ1v) is 11.6. The fraction of sp³-hybridized carbons (Fsp3) is 0.792. The summed E-state index contributed by atoms with van der Waals surface area (Å²) in [6, 6.07) is 0. The van der Waals surface area contributed by atoms with Crippen LogP contribution in [0, 0.1) is 11.8 Å². The lowest BCUT2D eigenvalue weighted by Gasteiger charge is -2.27. The summed E-state index contributed by atoms with van der Waals surface area (Å²) in [7, 11) is 3.35. The molecule has 7 nitrogen and oxygen atoms in total. The molecule has 31 heavy (non-hydrogen) atoms. The lowest BCUT2D eigenvalue weighted by atomic mass is 9.96. The molecule has 1 amide bonds. The molecule has 178 valence electrons. The molecule has 0 radical (unpaired) electrons. The second-order valence-electron chi connectivity index (χ2n) is 8.82. The first kappa shape index (κ1) is 27.1. The SMILES string of the molecule is CCCCCC(CC1CCC(C)C(=O)N(C)C=CCC(=O)OC(C(C)C)C(=O)O1)OC. The minimum atomic E-state index is -0.954. The lowest BCUT2D eigenvalue weighted by Crippen LogP contribution is -2.37. The van der Waals surface area contributed by atoms with Crippen LogP contribution in [-0.2, 0) is 28.6 Å². The number of carbonyl (C=O) groups excluding carboxylic acids is 3. The Bertz CT molecular complexity index is 603. The molecule has 0 aliphatic carbocycles. The van der Waals surface area contributed by atoms with Crippen LogP contribution in [0.1, 0.15) is 79.1 Å². The first-order chi connectivity index (χ1) is 14.7. The number of nitrogens with zero attached hydrogens (tertiary/aromatic N) is 1. The molecule has 0 spiro atoms. The van der Waals surface area contributed by atoms with Crippen molar-refractivity contribution >= 4 is 17.8 Å². The van der Waals surface area contributed by atoms with Crippen molar-refractivity contribution in [3.8, 4) is 0 Å². The normalized spacial score (nSPS) is 25.2. The summed E-state index contributed by atoms with van der Waals surface area (Å²) in [6.45, 7) is 7.67. The van der Waals surface area contributed by atoms with Gasteiger partial charge >= 0.3 is 11.9 Å². The fourth-order valence-electron chi connectivity index (χ4n) is 3.64. The molecular weight excluding hydrogens is 398 g/mol. The number of unbranched alkanes of at least 4 members (excludes halogenated alkanes) is 2. The number of cyclic esters (lactones) is 2. The lowest BCUT2D eigenvalue weighted by molar-refractivity contribution is -0.175. The Balaban J connectivity index is 3.04. The molecular formula is C24H41NO6. The highest BCUT2D eigenvalue weighted by molar-refractivity contribution is 5.81. The Morgan fingerprint density at radius 2 is 1.87 bits per heavy atom. The average molecular weight is 440 g/mol. The molecule has 0 aromatic rings. The predicted octanol–water partition coefficient (Wildman–Crippen LogP) is 4.24. The van der Waals surface area contributed by atoms with E-state index >= 15 is 0 Å². The van der Waals surface area contributed by atoms with Gasteiger partial charge < -0.3 is 19.1 Å². The van der Waals surface area contributed by atoms with E-state index in [2.05, 4.69) is 6.92 Å². The van der Waals surface area contributed by atoms with E-state index in [1.807, 2.05) is 20.8 Å². The number of ether oxygens (including phenoxy) is 3. The van der Waals surface area contributed by atoms with Crippen LogP contribution in [0.4, 0.5) is 0 Å². The molecule has 0 N–H and O–H groups in total. The van der Waals surface area contributed by atoms with E-state index < -0.39 is 24.1 Å². The Labute approximate surface area is 187 Å². The molecule has 7 heteroatoms. The van der Waals surface area contributed by atoms with Gasteiger partial charge in [0.25, 0.3) is 0 Å². The Kier molecular flexibility index (Phi) is 12.5. The van der Waals surface area contributed by atoms with Crippen LogP contribution in [-0.4, -0.2) is 55.2 Å². The Morgan fingerprint density at radius 3 is 2.48 bits per heavy atom. The number of hydrogen-bond acceptors (Lipinski definition) is 6. The van der Waals surface area contributed by atoms with E-state index in [9.17, 15) is 14.4 Å². The van der Waals surface area contributed by atoms with E-state index in [-0.39, 0.29) is 30.3 Å². The standard InChI is InChI=1S/C24H41NO6/c1-7-8-9-11-19(29-6)16-20-14-13-18(4)23(27)25(5)15-10-12-21(26)31-22(17(2)3)24(28)30-20/h10,15,17-20,22H,7-9,11-14,16H2,1-6H3. The molecule has 0 aromatic heterocycles. The molecule has 0 saturated carbocycles. The summed E-state index contributed by atoms with van der Waals surface area (Å²) in [4.78, 5) is 39.2. The summed E-state index contributed by atoms with van der Waals surface area (Å²) in [5, 5.41) is 0. The van der Waals surface area contributed by atoms with Gasteiger partial charge in [0.05, 0.1) is 12.5 Å². The van der Waals surface area contributed by atoms with Crippen LogP contribution >= 0.6 is 0 Å². The van der Waals surface area contributed by atoms with Crippen LogP contribution in [0.25, 0.3) is 0 Å². The third-order valence-electron chi connectivity index (χ3n) is 5.67. The number of hydrogen-bond donors (Lipinski definition) is 0. The summed E-state index contributed by atoms with van der Waals surface area (Å²) in [6.07, 6.45) is 7.63. The molecule has 0 bridgehead atoms. The van der Waals surface area contributed by atoms with Crippen molar-refractivity contribution in [2.75, 3.05) is 14.2 Å². The van der Waals surface area contributed by atoms with Gasteiger partial charge in [0.2, 0.25) is 12.0 Å². The van der Waals surface area contributed by atoms with Gasteiger partial charge in [-0.1, -0.05) is 53.0 Å². The first-order valence-electron chi connectivity index (χ1n) is 11.6.